The Morgan fingerprint density at radius 2 is 1.63 bits per heavy atom. The summed E-state index contributed by atoms with van der Waals surface area (Å²) in [4.78, 5) is 24.3. The van der Waals surface area contributed by atoms with Gasteiger partial charge in [0.25, 0.3) is 11.8 Å². The largest absolute Gasteiger partial charge is 0.483 e. The highest BCUT2D eigenvalue weighted by atomic mass is 79.9. The molecule has 0 heterocycles. The van der Waals surface area contributed by atoms with Crippen LogP contribution in [0.15, 0.2) is 39.3 Å². The van der Waals surface area contributed by atoms with Crippen molar-refractivity contribution in [3.8, 4) is 11.5 Å². The first-order valence-corrected chi connectivity index (χ1v) is 11.1. The molecule has 0 spiro atoms. The quantitative estimate of drug-likeness (QED) is 0.486. The molecule has 0 aliphatic heterocycles. The van der Waals surface area contributed by atoms with Crippen molar-refractivity contribution in [2.24, 2.45) is 0 Å². The van der Waals surface area contributed by atoms with E-state index in [4.69, 9.17) is 9.47 Å². The number of hydrogen-bond donors (Lipinski definition) is 2. The van der Waals surface area contributed by atoms with Gasteiger partial charge in [-0.3, -0.25) is 20.4 Å². The van der Waals surface area contributed by atoms with Crippen LogP contribution >= 0.6 is 31.9 Å². The van der Waals surface area contributed by atoms with Crippen molar-refractivity contribution >= 4 is 43.7 Å². The fourth-order valence-electron chi connectivity index (χ4n) is 2.72. The number of ether oxygens (including phenoxy) is 2. The molecule has 2 amide bonds. The van der Waals surface area contributed by atoms with Gasteiger partial charge in [0, 0.05) is 4.47 Å². The molecule has 2 rings (SSSR count). The standard InChI is InChI=1S/C22H26Br2N2O4/c1-12(2)16-6-7-19(18(24)10-16)29-11-20(27)25-26-22(28)15(5)30-21-13(3)8-17(23)9-14(21)4/h6-10,12,15H,11H2,1-5H3,(H,25,27)(H,26,28). The van der Waals surface area contributed by atoms with Crippen LogP contribution in [-0.2, 0) is 9.59 Å². The van der Waals surface area contributed by atoms with Gasteiger partial charge in [0.05, 0.1) is 4.47 Å². The number of aryl methyl sites for hydroxylation is 2. The molecular formula is C22H26Br2N2O4. The van der Waals surface area contributed by atoms with Crippen LogP contribution in [0.1, 0.15) is 43.4 Å². The van der Waals surface area contributed by atoms with Crippen LogP contribution in [0.25, 0.3) is 0 Å². The Bertz CT molecular complexity index is 908. The molecule has 1 atom stereocenters. The Balaban J connectivity index is 1.84. The summed E-state index contributed by atoms with van der Waals surface area (Å²) in [7, 11) is 0. The van der Waals surface area contributed by atoms with Crippen LogP contribution in [0.4, 0.5) is 0 Å². The molecule has 6 nitrogen and oxygen atoms in total. The van der Waals surface area contributed by atoms with E-state index in [1.54, 1.807) is 6.92 Å². The Kier molecular flexibility index (Phi) is 8.73. The molecule has 2 N–H and O–H groups in total. The van der Waals surface area contributed by atoms with Gasteiger partial charge >= 0.3 is 0 Å². The van der Waals surface area contributed by atoms with Crippen LogP contribution < -0.4 is 20.3 Å². The van der Waals surface area contributed by atoms with Crippen LogP contribution in [0.2, 0.25) is 0 Å². The van der Waals surface area contributed by atoms with Crippen molar-refractivity contribution in [1.29, 1.82) is 0 Å². The maximum absolute atomic E-state index is 12.3. The van der Waals surface area contributed by atoms with Crippen molar-refractivity contribution < 1.29 is 19.1 Å². The summed E-state index contributed by atoms with van der Waals surface area (Å²) in [5, 5.41) is 0. The third kappa shape index (κ3) is 6.74. The predicted molar refractivity (Wildman–Crippen MR) is 124 cm³/mol. The summed E-state index contributed by atoms with van der Waals surface area (Å²) in [6.07, 6.45) is -0.789. The lowest BCUT2D eigenvalue weighted by Crippen LogP contribution is -2.48. The van der Waals surface area contributed by atoms with Crippen LogP contribution in [0.5, 0.6) is 11.5 Å². The summed E-state index contributed by atoms with van der Waals surface area (Å²) in [6, 6.07) is 9.56. The third-order valence-electron chi connectivity index (χ3n) is 4.40. The highest BCUT2D eigenvalue weighted by Crippen LogP contribution is 2.29. The minimum Gasteiger partial charge on any atom is -0.483 e. The zero-order valence-electron chi connectivity index (χ0n) is 17.6. The first-order valence-electron chi connectivity index (χ1n) is 9.52. The second kappa shape index (κ2) is 10.8. The zero-order chi connectivity index (χ0) is 22.4. The summed E-state index contributed by atoms with van der Waals surface area (Å²) in [5.74, 6) is 0.644. The van der Waals surface area contributed by atoms with E-state index >= 15 is 0 Å². The first-order chi connectivity index (χ1) is 14.1. The van der Waals surface area contributed by atoms with Gasteiger partial charge in [-0.25, -0.2) is 0 Å². The topological polar surface area (TPSA) is 76.7 Å². The second-order valence-corrected chi connectivity index (χ2v) is 9.07. The lowest BCUT2D eigenvalue weighted by Gasteiger charge is -2.18. The molecule has 0 aliphatic rings. The first kappa shape index (κ1) is 24.2. The maximum atomic E-state index is 12.3. The molecule has 2 aromatic rings. The van der Waals surface area contributed by atoms with E-state index in [1.807, 2.05) is 44.2 Å². The fraction of sp³-hybridized carbons (Fsp3) is 0.364. The zero-order valence-corrected chi connectivity index (χ0v) is 20.8. The molecule has 0 bridgehead atoms. The van der Waals surface area contributed by atoms with Crippen molar-refractivity contribution in [3.63, 3.8) is 0 Å². The van der Waals surface area contributed by atoms with Crippen molar-refractivity contribution in [3.05, 3.63) is 56.0 Å². The number of benzene rings is 2. The van der Waals surface area contributed by atoms with Crippen LogP contribution in [0, 0.1) is 13.8 Å². The highest BCUT2D eigenvalue weighted by Gasteiger charge is 2.18. The van der Waals surface area contributed by atoms with Crippen molar-refractivity contribution in [2.75, 3.05) is 6.61 Å². The number of amides is 2. The summed E-state index contributed by atoms with van der Waals surface area (Å²) >= 11 is 6.88. The second-order valence-electron chi connectivity index (χ2n) is 7.30. The molecule has 8 heteroatoms. The summed E-state index contributed by atoms with van der Waals surface area (Å²) in [6.45, 7) is 9.39. The SMILES string of the molecule is Cc1cc(Br)cc(C)c1OC(C)C(=O)NNC(=O)COc1ccc(C(C)C)cc1Br. The van der Waals surface area contributed by atoms with Gasteiger partial charge in [-0.2, -0.15) is 0 Å². The number of carbonyl (C=O) groups excluding carboxylic acids is 2. The molecule has 0 radical (unpaired) electrons. The smallest absolute Gasteiger partial charge is 0.279 e. The van der Waals surface area contributed by atoms with Crippen LogP contribution in [0.3, 0.4) is 0 Å². The van der Waals surface area contributed by atoms with Crippen molar-refractivity contribution in [2.45, 2.75) is 46.6 Å². The number of hydrazine groups is 1. The molecule has 2 aromatic carbocycles. The maximum Gasteiger partial charge on any atom is 0.279 e. The van der Waals surface area contributed by atoms with Crippen LogP contribution in [-0.4, -0.2) is 24.5 Å². The van der Waals surface area contributed by atoms with Gasteiger partial charge in [0.1, 0.15) is 11.5 Å². The minimum atomic E-state index is -0.789. The molecule has 0 fully saturated rings. The van der Waals surface area contributed by atoms with E-state index in [0.717, 1.165) is 25.6 Å². The lowest BCUT2D eigenvalue weighted by molar-refractivity contribution is -0.133. The number of nitrogens with one attached hydrogen (secondary N) is 2. The molecule has 162 valence electrons. The molecule has 0 saturated carbocycles. The molecule has 30 heavy (non-hydrogen) atoms. The van der Waals surface area contributed by atoms with E-state index in [0.29, 0.717) is 17.4 Å². The average molecular weight is 542 g/mol. The van der Waals surface area contributed by atoms with Gasteiger partial charge in [0.2, 0.25) is 0 Å². The molecule has 0 aliphatic carbocycles. The third-order valence-corrected chi connectivity index (χ3v) is 5.47. The van der Waals surface area contributed by atoms with E-state index in [9.17, 15) is 9.59 Å². The van der Waals surface area contributed by atoms with E-state index in [2.05, 4.69) is 56.6 Å². The Hall–Kier alpha value is -2.06. The van der Waals surface area contributed by atoms with Gasteiger partial charge in [-0.15, -0.1) is 0 Å². The summed E-state index contributed by atoms with van der Waals surface area (Å²) in [5.41, 5.74) is 7.69. The van der Waals surface area contributed by atoms with Gasteiger partial charge in [0.15, 0.2) is 12.7 Å². The Morgan fingerprint density at radius 3 is 2.20 bits per heavy atom. The molecule has 0 saturated heterocycles. The Labute approximate surface area is 193 Å². The molecule has 1 unspecified atom stereocenters. The molecular weight excluding hydrogens is 516 g/mol. The number of hydrogen-bond acceptors (Lipinski definition) is 4. The summed E-state index contributed by atoms with van der Waals surface area (Å²) < 4.78 is 13.0. The van der Waals surface area contributed by atoms with Gasteiger partial charge in [-0.05, 0) is 83.6 Å². The monoisotopic (exact) mass is 540 g/mol. The van der Waals surface area contributed by atoms with Gasteiger partial charge < -0.3 is 9.47 Å². The average Bonchev–Trinajstić information content (AvgIpc) is 2.67. The van der Waals surface area contributed by atoms with E-state index < -0.39 is 17.9 Å². The number of halogens is 2. The van der Waals surface area contributed by atoms with E-state index in [-0.39, 0.29) is 6.61 Å². The lowest BCUT2D eigenvalue weighted by atomic mass is 10.0. The Morgan fingerprint density at radius 1 is 1.00 bits per heavy atom. The molecule has 0 aromatic heterocycles. The van der Waals surface area contributed by atoms with E-state index in [1.165, 1.54) is 0 Å². The predicted octanol–water partition coefficient (Wildman–Crippen LogP) is 4.95. The van der Waals surface area contributed by atoms with Gasteiger partial charge in [-0.1, -0.05) is 35.8 Å². The fourth-order valence-corrected chi connectivity index (χ4v) is 3.92. The highest BCUT2D eigenvalue weighted by molar-refractivity contribution is 9.10. The normalized spacial score (nSPS) is 11.7. The van der Waals surface area contributed by atoms with Crippen molar-refractivity contribution in [1.82, 2.24) is 10.9 Å². The minimum absolute atomic E-state index is 0.236. The number of rotatable bonds is 7. The number of carbonyl (C=O) groups is 2.